The summed E-state index contributed by atoms with van der Waals surface area (Å²) in [5.41, 5.74) is 3.26. The van der Waals surface area contributed by atoms with Gasteiger partial charge in [-0.3, -0.25) is 4.79 Å². The van der Waals surface area contributed by atoms with Crippen molar-refractivity contribution in [3.63, 3.8) is 0 Å². The van der Waals surface area contributed by atoms with E-state index in [0.717, 1.165) is 16.8 Å². The third-order valence-corrected chi connectivity index (χ3v) is 5.16. The van der Waals surface area contributed by atoms with Gasteiger partial charge in [-0.25, -0.2) is 17.5 Å². The minimum atomic E-state index is -3.48. The molecule has 1 aliphatic rings. The van der Waals surface area contributed by atoms with Gasteiger partial charge in [0.25, 0.3) is 0 Å². The number of benzene rings is 2. The molecule has 126 valence electrons. The lowest BCUT2D eigenvalue weighted by atomic mass is 10.1. The third kappa shape index (κ3) is 4.18. The number of hydrogen-bond donors (Lipinski definition) is 2. The summed E-state index contributed by atoms with van der Waals surface area (Å²) in [5.74, 6) is -0.605. The molecule has 3 rings (SSSR count). The molecule has 0 bridgehead atoms. The molecule has 0 saturated heterocycles. The second-order valence-corrected chi connectivity index (χ2v) is 7.55. The largest absolute Gasteiger partial charge is 0.326 e. The van der Waals surface area contributed by atoms with E-state index < -0.39 is 15.8 Å². The molecule has 2 N–H and O–H groups in total. The van der Waals surface area contributed by atoms with Gasteiger partial charge in [-0.15, -0.1) is 0 Å². The number of sulfonamides is 1. The van der Waals surface area contributed by atoms with Gasteiger partial charge in [0.15, 0.2) is 0 Å². The molecule has 2 aromatic rings. The number of halogens is 1. The summed E-state index contributed by atoms with van der Waals surface area (Å²) < 4.78 is 39.5. The van der Waals surface area contributed by atoms with Crippen LogP contribution >= 0.6 is 0 Å². The van der Waals surface area contributed by atoms with Crippen molar-refractivity contribution in [1.29, 1.82) is 0 Å². The van der Waals surface area contributed by atoms with Crippen LogP contribution in [0.2, 0.25) is 0 Å². The number of hydrogen-bond acceptors (Lipinski definition) is 3. The molecule has 0 atom stereocenters. The number of rotatable bonds is 6. The van der Waals surface area contributed by atoms with Gasteiger partial charge in [-0.05, 0) is 41.3 Å². The molecule has 1 amide bonds. The summed E-state index contributed by atoms with van der Waals surface area (Å²) in [6.07, 6.45) is 0.892. The zero-order valence-corrected chi connectivity index (χ0v) is 13.7. The molecule has 5 nitrogen and oxygen atoms in total. The first-order valence-corrected chi connectivity index (χ1v) is 9.20. The lowest BCUT2D eigenvalue weighted by Crippen LogP contribution is -2.27. The van der Waals surface area contributed by atoms with Crippen LogP contribution in [0.3, 0.4) is 0 Å². The van der Waals surface area contributed by atoms with Gasteiger partial charge >= 0.3 is 0 Å². The third-order valence-electron chi connectivity index (χ3n) is 3.80. The molecular formula is C17H17FN2O3S. The minimum absolute atomic E-state index is 0.0258. The van der Waals surface area contributed by atoms with Gasteiger partial charge in [-0.2, -0.15) is 0 Å². The predicted molar refractivity (Wildman–Crippen MR) is 89.5 cm³/mol. The molecule has 0 radical (unpaired) electrons. The number of carbonyl (C=O) groups is 1. The Bertz CT molecular complexity index is 864. The van der Waals surface area contributed by atoms with Crippen LogP contribution in [0.1, 0.15) is 16.7 Å². The van der Waals surface area contributed by atoms with Crippen molar-refractivity contribution in [3.05, 3.63) is 65.0 Å². The number of nitrogens with one attached hydrogen (secondary N) is 2. The van der Waals surface area contributed by atoms with E-state index in [2.05, 4.69) is 10.0 Å². The summed E-state index contributed by atoms with van der Waals surface area (Å²) >= 11 is 0. The van der Waals surface area contributed by atoms with Crippen LogP contribution in [0.5, 0.6) is 0 Å². The van der Waals surface area contributed by atoms with E-state index in [4.69, 9.17) is 0 Å². The van der Waals surface area contributed by atoms with Crippen LogP contribution in [0.25, 0.3) is 0 Å². The van der Waals surface area contributed by atoms with Crippen LogP contribution in [-0.2, 0) is 33.4 Å². The summed E-state index contributed by atoms with van der Waals surface area (Å²) in [5, 5.41) is 2.76. The van der Waals surface area contributed by atoms with E-state index in [0.29, 0.717) is 18.4 Å². The summed E-state index contributed by atoms with van der Waals surface area (Å²) in [7, 11) is -3.48. The Balaban J connectivity index is 1.55. The minimum Gasteiger partial charge on any atom is -0.326 e. The predicted octanol–water partition coefficient (Wildman–Crippen LogP) is 1.98. The van der Waals surface area contributed by atoms with E-state index >= 15 is 0 Å². The lowest BCUT2D eigenvalue weighted by Gasteiger charge is -2.08. The molecule has 1 aliphatic heterocycles. The Morgan fingerprint density at radius 1 is 1.08 bits per heavy atom. The van der Waals surface area contributed by atoms with Gasteiger partial charge in [-0.1, -0.05) is 24.3 Å². The van der Waals surface area contributed by atoms with Crippen LogP contribution in [0, 0.1) is 5.82 Å². The molecule has 0 aliphatic carbocycles. The fourth-order valence-electron chi connectivity index (χ4n) is 2.64. The Labute approximate surface area is 139 Å². The molecule has 0 spiro atoms. The van der Waals surface area contributed by atoms with Gasteiger partial charge in [0.2, 0.25) is 15.9 Å². The monoisotopic (exact) mass is 348 g/mol. The fourth-order valence-corrected chi connectivity index (χ4v) is 3.79. The van der Waals surface area contributed by atoms with Gasteiger partial charge < -0.3 is 5.32 Å². The first-order valence-electron chi connectivity index (χ1n) is 7.55. The van der Waals surface area contributed by atoms with E-state index in [9.17, 15) is 17.6 Å². The first kappa shape index (κ1) is 16.6. The van der Waals surface area contributed by atoms with Crippen LogP contribution < -0.4 is 10.0 Å². The quantitative estimate of drug-likeness (QED) is 0.838. The molecule has 1 heterocycles. The topological polar surface area (TPSA) is 75.3 Å². The second kappa shape index (κ2) is 6.70. The van der Waals surface area contributed by atoms with E-state index in [1.807, 2.05) is 18.2 Å². The van der Waals surface area contributed by atoms with Crippen molar-refractivity contribution < 1.29 is 17.6 Å². The number of carbonyl (C=O) groups excluding carboxylic acids is 1. The number of fused-ring (bicyclic) bond motifs is 1. The van der Waals surface area contributed by atoms with Crippen molar-refractivity contribution in [1.82, 2.24) is 4.72 Å². The Morgan fingerprint density at radius 3 is 2.54 bits per heavy atom. The molecule has 7 heteroatoms. The van der Waals surface area contributed by atoms with E-state index in [1.165, 1.54) is 24.3 Å². The summed E-state index contributed by atoms with van der Waals surface area (Å²) in [6, 6.07) is 11.0. The van der Waals surface area contributed by atoms with Crippen molar-refractivity contribution in [2.24, 2.45) is 0 Å². The van der Waals surface area contributed by atoms with Crippen LogP contribution in [-0.4, -0.2) is 20.9 Å². The average Bonchev–Trinajstić information content (AvgIpc) is 2.88. The Kier molecular flexibility index (Phi) is 4.64. The zero-order chi connectivity index (χ0) is 17.2. The average molecular weight is 348 g/mol. The molecule has 0 saturated carbocycles. The van der Waals surface area contributed by atoms with Crippen molar-refractivity contribution in [2.45, 2.75) is 18.6 Å². The molecule has 0 aromatic heterocycles. The maximum absolute atomic E-state index is 12.8. The van der Waals surface area contributed by atoms with E-state index in [1.54, 1.807) is 0 Å². The van der Waals surface area contributed by atoms with E-state index in [-0.39, 0.29) is 18.2 Å². The zero-order valence-electron chi connectivity index (χ0n) is 12.9. The van der Waals surface area contributed by atoms with Crippen LogP contribution in [0.15, 0.2) is 42.5 Å². The van der Waals surface area contributed by atoms with Crippen LogP contribution in [0.4, 0.5) is 10.1 Å². The highest BCUT2D eigenvalue weighted by atomic mass is 32.2. The maximum atomic E-state index is 12.8. The summed E-state index contributed by atoms with van der Waals surface area (Å²) in [4.78, 5) is 11.3. The summed E-state index contributed by atoms with van der Waals surface area (Å²) in [6.45, 7) is 0.268. The first-order chi connectivity index (χ1) is 11.4. The second-order valence-electron chi connectivity index (χ2n) is 5.75. The SMILES string of the molecule is O=C1Cc2cc(CCNS(=O)(=O)Cc3ccc(F)cc3)ccc2N1. The van der Waals surface area contributed by atoms with Gasteiger partial charge in [0.1, 0.15) is 5.82 Å². The standard InChI is InChI=1S/C17H17FN2O3S/c18-15-4-1-13(2-5-15)11-24(22,23)19-8-7-12-3-6-16-14(9-12)10-17(21)20-16/h1-6,9,19H,7-8,10-11H2,(H,20,21). The highest BCUT2D eigenvalue weighted by molar-refractivity contribution is 7.88. The maximum Gasteiger partial charge on any atom is 0.228 e. The molecule has 0 unspecified atom stereocenters. The van der Waals surface area contributed by atoms with Crippen molar-refractivity contribution >= 4 is 21.6 Å². The molecule has 24 heavy (non-hydrogen) atoms. The normalized spacial score (nSPS) is 13.6. The lowest BCUT2D eigenvalue weighted by molar-refractivity contribution is -0.115. The Morgan fingerprint density at radius 2 is 1.79 bits per heavy atom. The smallest absolute Gasteiger partial charge is 0.228 e. The van der Waals surface area contributed by atoms with Gasteiger partial charge in [0.05, 0.1) is 12.2 Å². The fraction of sp³-hybridized carbons (Fsp3) is 0.235. The van der Waals surface area contributed by atoms with Crippen molar-refractivity contribution in [2.75, 3.05) is 11.9 Å². The molecule has 2 aromatic carbocycles. The Hall–Kier alpha value is -2.25. The number of amides is 1. The molecular weight excluding hydrogens is 331 g/mol. The highest BCUT2D eigenvalue weighted by Crippen LogP contribution is 2.23. The number of anilines is 1. The molecule has 0 fully saturated rings. The highest BCUT2D eigenvalue weighted by Gasteiger charge is 2.17. The van der Waals surface area contributed by atoms with Crippen molar-refractivity contribution in [3.8, 4) is 0 Å². The van der Waals surface area contributed by atoms with Gasteiger partial charge in [0, 0.05) is 12.2 Å².